The van der Waals surface area contributed by atoms with Gasteiger partial charge in [0, 0.05) is 0 Å². The molecule has 0 aromatic heterocycles. The minimum Gasteiger partial charge on any atom is -0.392 e. The van der Waals surface area contributed by atoms with Crippen molar-refractivity contribution in [2.45, 2.75) is 32.3 Å². The molecule has 4 heteroatoms. The summed E-state index contributed by atoms with van der Waals surface area (Å²) in [7, 11) is 0. The number of carbonyl (C=O) groups is 2. The summed E-state index contributed by atoms with van der Waals surface area (Å²) in [6, 6.07) is 7.02. The van der Waals surface area contributed by atoms with Gasteiger partial charge in [-0.3, -0.25) is 14.5 Å². The number of amides is 2. The Balaban J connectivity index is 1.95. The normalized spacial score (nSPS) is 26.7. The van der Waals surface area contributed by atoms with Crippen molar-refractivity contribution in [3.8, 4) is 0 Å². The van der Waals surface area contributed by atoms with Crippen LogP contribution in [0.25, 0.3) is 0 Å². The summed E-state index contributed by atoms with van der Waals surface area (Å²) in [5.74, 6) is -0.382. The second-order valence-corrected chi connectivity index (χ2v) is 5.34. The summed E-state index contributed by atoms with van der Waals surface area (Å²) in [5, 5.41) is 9.15. The van der Waals surface area contributed by atoms with E-state index in [0.717, 1.165) is 25.7 Å². The topological polar surface area (TPSA) is 57.6 Å². The zero-order valence-electron chi connectivity index (χ0n) is 10.7. The van der Waals surface area contributed by atoms with Gasteiger partial charge in [0.05, 0.1) is 24.1 Å². The van der Waals surface area contributed by atoms with E-state index in [4.69, 9.17) is 5.11 Å². The van der Waals surface area contributed by atoms with E-state index >= 15 is 0 Å². The zero-order valence-corrected chi connectivity index (χ0v) is 10.7. The molecule has 4 nitrogen and oxygen atoms in total. The van der Waals surface area contributed by atoms with Crippen molar-refractivity contribution in [3.05, 3.63) is 29.8 Å². The van der Waals surface area contributed by atoms with Crippen molar-refractivity contribution < 1.29 is 14.7 Å². The van der Waals surface area contributed by atoms with Gasteiger partial charge in [0.1, 0.15) is 0 Å². The molecule has 2 fully saturated rings. The van der Waals surface area contributed by atoms with Gasteiger partial charge < -0.3 is 5.11 Å². The molecular weight excluding hydrogens is 242 g/mol. The molecule has 0 radical (unpaired) electrons. The summed E-state index contributed by atoms with van der Waals surface area (Å²) in [5.41, 5.74) is 1.31. The first-order valence-electron chi connectivity index (χ1n) is 6.80. The average molecular weight is 259 g/mol. The lowest BCUT2D eigenvalue weighted by Gasteiger charge is -2.19. The Bertz CT molecular complexity index is 502. The fourth-order valence-corrected chi connectivity index (χ4v) is 3.21. The van der Waals surface area contributed by atoms with E-state index in [0.29, 0.717) is 11.3 Å². The van der Waals surface area contributed by atoms with Crippen molar-refractivity contribution in [3.63, 3.8) is 0 Å². The van der Waals surface area contributed by atoms with Crippen LogP contribution in [0.1, 0.15) is 31.2 Å². The molecule has 2 atom stereocenters. The lowest BCUT2D eigenvalue weighted by molar-refractivity contribution is -0.122. The maximum atomic E-state index is 12.4. The first kappa shape index (κ1) is 12.4. The predicted octanol–water partition coefficient (Wildman–Crippen LogP) is 1.86. The fraction of sp³-hybridized carbons (Fsp3) is 0.467. The van der Waals surface area contributed by atoms with Gasteiger partial charge >= 0.3 is 0 Å². The van der Waals surface area contributed by atoms with Gasteiger partial charge in [-0.2, -0.15) is 0 Å². The lowest BCUT2D eigenvalue weighted by Crippen LogP contribution is -2.30. The number of hydrogen-bond acceptors (Lipinski definition) is 3. The predicted molar refractivity (Wildman–Crippen MR) is 70.3 cm³/mol. The number of aliphatic hydroxyl groups is 1. The van der Waals surface area contributed by atoms with Gasteiger partial charge in [0.25, 0.3) is 0 Å². The van der Waals surface area contributed by atoms with Gasteiger partial charge in [-0.15, -0.1) is 0 Å². The molecule has 0 bridgehead atoms. The Morgan fingerprint density at radius 1 is 1.11 bits per heavy atom. The van der Waals surface area contributed by atoms with Crippen LogP contribution < -0.4 is 4.90 Å². The van der Waals surface area contributed by atoms with Crippen molar-refractivity contribution in [1.82, 2.24) is 0 Å². The average Bonchev–Trinajstić information content (AvgIpc) is 2.72. The third-order valence-electron chi connectivity index (χ3n) is 4.19. The Kier molecular flexibility index (Phi) is 3.11. The number of fused-ring (bicyclic) bond motifs is 1. The second-order valence-electron chi connectivity index (χ2n) is 5.34. The summed E-state index contributed by atoms with van der Waals surface area (Å²) < 4.78 is 0. The van der Waals surface area contributed by atoms with Crippen LogP contribution in [-0.4, -0.2) is 16.9 Å². The Labute approximate surface area is 112 Å². The zero-order chi connectivity index (χ0) is 13.4. The van der Waals surface area contributed by atoms with Gasteiger partial charge in [0.15, 0.2) is 0 Å². The quantitative estimate of drug-likeness (QED) is 0.825. The fourth-order valence-electron chi connectivity index (χ4n) is 3.21. The highest BCUT2D eigenvalue weighted by atomic mass is 16.3. The maximum Gasteiger partial charge on any atom is 0.237 e. The van der Waals surface area contributed by atoms with E-state index in [-0.39, 0.29) is 30.3 Å². The molecule has 1 aromatic carbocycles. The minimum atomic E-state index is -0.126. The number of imide groups is 1. The molecule has 0 spiro atoms. The highest BCUT2D eigenvalue weighted by Crippen LogP contribution is 2.40. The lowest BCUT2D eigenvalue weighted by atomic mass is 9.81. The number of nitrogens with zero attached hydrogens (tertiary/aromatic N) is 1. The molecule has 1 saturated heterocycles. The van der Waals surface area contributed by atoms with Crippen molar-refractivity contribution in [2.75, 3.05) is 4.90 Å². The third-order valence-corrected chi connectivity index (χ3v) is 4.19. The van der Waals surface area contributed by atoms with E-state index in [9.17, 15) is 9.59 Å². The highest BCUT2D eigenvalue weighted by Gasteiger charge is 2.48. The number of hydrogen-bond donors (Lipinski definition) is 1. The summed E-state index contributed by atoms with van der Waals surface area (Å²) in [6.07, 6.45) is 3.71. The molecule has 2 unspecified atom stereocenters. The van der Waals surface area contributed by atoms with Crippen LogP contribution >= 0.6 is 0 Å². The molecule has 2 aliphatic rings. The Hall–Kier alpha value is -1.68. The molecule has 1 aliphatic carbocycles. The summed E-state index contributed by atoms with van der Waals surface area (Å²) in [6.45, 7) is -0.0864. The first-order valence-corrected chi connectivity index (χ1v) is 6.80. The third kappa shape index (κ3) is 1.96. The molecule has 2 amide bonds. The monoisotopic (exact) mass is 259 g/mol. The van der Waals surface area contributed by atoms with E-state index in [2.05, 4.69) is 0 Å². The molecule has 1 heterocycles. The first-order chi connectivity index (χ1) is 9.22. The molecule has 3 rings (SSSR count). The number of carbonyl (C=O) groups excluding carboxylic acids is 2. The number of rotatable bonds is 2. The minimum absolute atomic E-state index is 0.0650. The van der Waals surface area contributed by atoms with Crippen LogP contribution in [0.2, 0.25) is 0 Å². The molecule has 19 heavy (non-hydrogen) atoms. The van der Waals surface area contributed by atoms with E-state index < -0.39 is 0 Å². The molecule has 1 aromatic rings. The second kappa shape index (κ2) is 4.78. The van der Waals surface area contributed by atoms with Crippen LogP contribution in [-0.2, 0) is 16.2 Å². The standard InChI is InChI=1S/C15H17NO3/c17-9-10-4-3-5-11(8-10)16-14(18)12-6-1-2-7-13(12)15(16)19/h3-5,8,12-13,17H,1-2,6-7,9H2. The van der Waals surface area contributed by atoms with Gasteiger partial charge in [-0.1, -0.05) is 25.0 Å². The summed E-state index contributed by atoms with van der Waals surface area (Å²) >= 11 is 0. The smallest absolute Gasteiger partial charge is 0.237 e. The maximum absolute atomic E-state index is 12.4. The van der Waals surface area contributed by atoms with Crippen molar-refractivity contribution in [2.24, 2.45) is 11.8 Å². The highest BCUT2D eigenvalue weighted by molar-refractivity contribution is 6.22. The van der Waals surface area contributed by atoms with Crippen LogP contribution in [0.15, 0.2) is 24.3 Å². The van der Waals surface area contributed by atoms with Crippen LogP contribution in [0, 0.1) is 11.8 Å². The largest absolute Gasteiger partial charge is 0.392 e. The molecular formula is C15H17NO3. The van der Waals surface area contributed by atoms with Crippen molar-refractivity contribution >= 4 is 17.5 Å². The van der Waals surface area contributed by atoms with Crippen LogP contribution in [0.3, 0.4) is 0 Å². The van der Waals surface area contributed by atoms with Crippen LogP contribution in [0.4, 0.5) is 5.69 Å². The number of anilines is 1. The molecule has 1 saturated carbocycles. The SMILES string of the molecule is O=C1C2CCCCC2C(=O)N1c1cccc(CO)c1. The van der Waals surface area contributed by atoms with E-state index in [1.165, 1.54) is 4.90 Å². The number of aliphatic hydroxyl groups excluding tert-OH is 1. The van der Waals surface area contributed by atoms with Gasteiger partial charge in [-0.25, -0.2) is 0 Å². The van der Waals surface area contributed by atoms with Gasteiger partial charge in [-0.05, 0) is 30.5 Å². The number of benzene rings is 1. The molecule has 1 N–H and O–H groups in total. The van der Waals surface area contributed by atoms with Crippen LogP contribution in [0.5, 0.6) is 0 Å². The molecule has 1 aliphatic heterocycles. The summed E-state index contributed by atoms with van der Waals surface area (Å²) in [4.78, 5) is 26.1. The van der Waals surface area contributed by atoms with E-state index in [1.807, 2.05) is 0 Å². The Morgan fingerprint density at radius 2 is 1.74 bits per heavy atom. The van der Waals surface area contributed by atoms with Crippen molar-refractivity contribution in [1.29, 1.82) is 0 Å². The van der Waals surface area contributed by atoms with Gasteiger partial charge in [0.2, 0.25) is 11.8 Å². The van der Waals surface area contributed by atoms with E-state index in [1.54, 1.807) is 24.3 Å². The molecule has 100 valence electrons. The Morgan fingerprint density at radius 3 is 2.32 bits per heavy atom.